The summed E-state index contributed by atoms with van der Waals surface area (Å²) in [6.45, 7) is 0. The molecular weight excluding hydrogens is 359 g/mol. The number of halogens is 6. The van der Waals surface area contributed by atoms with Crippen LogP contribution in [0.3, 0.4) is 0 Å². The molecule has 1 N–H and O–H groups in total. The minimum atomic E-state index is -4.88. The van der Waals surface area contributed by atoms with Gasteiger partial charge in [0.2, 0.25) is 0 Å². The van der Waals surface area contributed by atoms with Crippen molar-refractivity contribution < 1.29 is 27.1 Å². The van der Waals surface area contributed by atoms with Crippen LogP contribution in [-0.4, -0.2) is 5.11 Å². The number of alkyl halides is 3. The van der Waals surface area contributed by atoms with Crippen LogP contribution in [0.15, 0.2) is 40.9 Å². The van der Waals surface area contributed by atoms with Crippen LogP contribution in [0.1, 0.15) is 22.8 Å². The number of aliphatic hydroxyl groups excluding tert-OH is 1. The predicted molar refractivity (Wildman–Crippen MR) is 69.6 cm³/mol. The highest BCUT2D eigenvalue weighted by Crippen LogP contribution is 2.35. The molecular formula is C14H8BrF5O. The number of benzene rings is 2. The second kappa shape index (κ2) is 5.73. The van der Waals surface area contributed by atoms with Crippen LogP contribution in [0.2, 0.25) is 0 Å². The Morgan fingerprint density at radius 1 is 1.00 bits per heavy atom. The molecule has 0 bridgehead atoms. The fraction of sp³-hybridized carbons (Fsp3) is 0.143. The fourth-order valence-electron chi connectivity index (χ4n) is 1.84. The first-order chi connectivity index (χ1) is 9.71. The molecule has 7 heteroatoms. The van der Waals surface area contributed by atoms with Crippen molar-refractivity contribution in [3.63, 3.8) is 0 Å². The molecule has 0 aromatic heterocycles. The molecule has 0 saturated carbocycles. The summed E-state index contributed by atoms with van der Waals surface area (Å²) in [7, 11) is 0. The summed E-state index contributed by atoms with van der Waals surface area (Å²) < 4.78 is 64.5. The first-order valence-electron chi connectivity index (χ1n) is 5.70. The third-order valence-corrected chi connectivity index (χ3v) is 3.72. The number of rotatable bonds is 2. The van der Waals surface area contributed by atoms with Gasteiger partial charge >= 0.3 is 6.18 Å². The van der Waals surface area contributed by atoms with Gasteiger partial charge in [0, 0.05) is 5.56 Å². The van der Waals surface area contributed by atoms with Crippen LogP contribution in [0.4, 0.5) is 22.0 Å². The maximum atomic E-state index is 13.4. The maximum absolute atomic E-state index is 13.4. The minimum absolute atomic E-state index is 0.0507. The number of hydrogen-bond donors (Lipinski definition) is 1. The van der Waals surface area contributed by atoms with Crippen molar-refractivity contribution >= 4 is 15.9 Å². The van der Waals surface area contributed by atoms with Gasteiger partial charge in [0.15, 0.2) is 0 Å². The smallest absolute Gasteiger partial charge is 0.384 e. The zero-order valence-electron chi connectivity index (χ0n) is 10.3. The highest BCUT2D eigenvalue weighted by Gasteiger charge is 2.34. The van der Waals surface area contributed by atoms with Gasteiger partial charge in [-0.1, -0.05) is 18.2 Å². The lowest BCUT2D eigenvalue weighted by Gasteiger charge is -2.16. The molecule has 1 unspecified atom stereocenters. The molecule has 0 radical (unpaired) electrons. The zero-order chi connectivity index (χ0) is 15.8. The van der Waals surface area contributed by atoms with Crippen molar-refractivity contribution in [2.24, 2.45) is 0 Å². The fourth-order valence-corrected chi connectivity index (χ4v) is 2.32. The first-order valence-corrected chi connectivity index (χ1v) is 6.49. The molecule has 0 aliphatic carbocycles. The van der Waals surface area contributed by atoms with E-state index in [9.17, 15) is 27.1 Å². The molecule has 112 valence electrons. The minimum Gasteiger partial charge on any atom is -0.384 e. The van der Waals surface area contributed by atoms with Crippen molar-refractivity contribution in [1.82, 2.24) is 0 Å². The molecule has 0 saturated heterocycles. The van der Waals surface area contributed by atoms with Gasteiger partial charge in [-0.25, -0.2) is 8.78 Å². The van der Waals surface area contributed by atoms with E-state index in [0.29, 0.717) is 12.1 Å². The summed E-state index contributed by atoms with van der Waals surface area (Å²) in [5, 5.41) is 10.1. The van der Waals surface area contributed by atoms with Crippen LogP contribution in [-0.2, 0) is 6.18 Å². The molecule has 2 rings (SSSR count). The van der Waals surface area contributed by atoms with Crippen molar-refractivity contribution in [3.05, 3.63) is 69.2 Å². The quantitative estimate of drug-likeness (QED) is 0.755. The molecule has 0 heterocycles. The van der Waals surface area contributed by atoms with Crippen LogP contribution in [0.5, 0.6) is 0 Å². The lowest BCUT2D eigenvalue weighted by Crippen LogP contribution is -2.10. The molecule has 0 amide bonds. The molecule has 1 atom stereocenters. The zero-order valence-corrected chi connectivity index (χ0v) is 11.8. The van der Waals surface area contributed by atoms with Gasteiger partial charge in [0.25, 0.3) is 0 Å². The van der Waals surface area contributed by atoms with Crippen LogP contribution < -0.4 is 0 Å². The van der Waals surface area contributed by atoms with Gasteiger partial charge in [-0.05, 0) is 39.7 Å². The molecule has 0 fully saturated rings. The van der Waals surface area contributed by atoms with E-state index in [1.165, 1.54) is 12.1 Å². The van der Waals surface area contributed by atoms with Crippen LogP contribution >= 0.6 is 15.9 Å². The highest BCUT2D eigenvalue weighted by atomic mass is 79.9. The third-order valence-electron chi connectivity index (χ3n) is 2.89. The van der Waals surface area contributed by atoms with E-state index in [4.69, 9.17) is 0 Å². The molecule has 2 aromatic carbocycles. The third kappa shape index (κ3) is 3.24. The Morgan fingerprint density at radius 3 is 2.29 bits per heavy atom. The Balaban J connectivity index is 2.49. The number of hydrogen-bond acceptors (Lipinski definition) is 1. The van der Waals surface area contributed by atoms with Gasteiger partial charge in [0.05, 0.1) is 10.0 Å². The van der Waals surface area contributed by atoms with E-state index < -0.39 is 29.5 Å². The summed E-state index contributed by atoms with van der Waals surface area (Å²) >= 11 is 2.92. The van der Waals surface area contributed by atoms with Crippen molar-refractivity contribution in [3.8, 4) is 0 Å². The lowest BCUT2D eigenvalue weighted by molar-refractivity contribution is -0.140. The summed E-state index contributed by atoms with van der Waals surface area (Å²) in [4.78, 5) is 0. The largest absolute Gasteiger partial charge is 0.419 e. The molecule has 1 nitrogen and oxygen atoms in total. The monoisotopic (exact) mass is 366 g/mol. The van der Waals surface area contributed by atoms with Gasteiger partial charge in [-0.2, -0.15) is 13.2 Å². The standard InChI is InChI=1S/C14H8BrF5O/c15-12-8(2-1-3-11(12)17)13(21)7-4-5-10(16)9(6-7)14(18,19)20/h1-6,13,21H. The van der Waals surface area contributed by atoms with Gasteiger partial charge in [0.1, 0.15) is 17.7 Å². The lowest BCUT2D eigenvalue weighted by atomic mass is 9.99. The maximum Gasteiger partial charge on any atom is 0.419 e. The summed E-state index contributed by atoms with van der Waals surface area (Å²) in [6.07, 6.45) is -6.39. The van der Waals surface area contributed by atoms with E-state index in [1.807, 2.05) is 0 Å². The summed E-state index contributed by atoms with van der Waals surface area (Å²) in [5.41, 5.74) is -1.61. The van der Waals surface area contributed by atoms with E-state index in [1.54, 1.807) is 0 Å². The summed E-state index contributed by atoms with van der Waals surface area (Å²) in [5.74, 6) is -2.10. The van der Waals surface area contributed by atoms with Crippen LogP contribution in [0, 0.1) is 11.6 Å². The Hall–Kier alpha value is -1.47. The van der Waals surface area contributed by atoms with Crippen molar-refractivity contribution in [2.45, 2.75) is 12.3 Å². The van der Waals surface area contributed by atoms with Crippen LogP contribution in [0.25, 0.3) is 0 Å². The molecule has 0 aliphatic heterocycles. The van der Waals surface area contributed by atoms with Gasteiger partial charge < -0.3 is 5.11 Å². The SMILES string of the molecule is OC(c1ccc(F)c(C(F)(F)F)c1)c1cccc(F)c1Br. The Labute approximate surface area is 125 Å². The van der Waals surface area contributed by atoms with E-state index >= 15 is 0 Å². The normalized spacial score (nSPS) is 13.3. The molecule has 2 aromatic rings. The molecule has 0 spiro atoms. The van der Waals surface area contributed by atoms with E-state index in [2.05, 4.69) is 15.9 Å². The second-order valence-corrected chi connectivity index (χ2v) is 5.08. The Bertz CT molecular complexity index is 669. The number of aliphatic hydroxyl groups is 1. The predicted octanol–water partition coefficient (Wildman–Crippen LogP) is 4.83. The van der Waals surface area contributed by atoms with E-state index in [-0.39, 0.29) is 15.6 Å². The van der Waals surface area contributed by atoms with Crippen molar-refractivity contribution in [2.75, 3.05) is 0 Å². The van der Waals surface area contributed by atoms with Crippen molar-refractivity contribution in [1.29, 1.82) is 0 Å². The Kier molecular flexibility index (Phi) is 4.34. The highest BCUT2D eigenvalue weighted by molar-refractivity contribution is 9.10. The molecule has 0 aliphatic rings. The topological polar surface area (TPSA) is 20.2 Å². The summed E-state index contributed by atoms with van der Waals surface area (Å²) in [6, 6.07) is 5.95. The van der Waals surface area contributed by atoms with Gasteiger partial charge in [-0.3, -0.25) is 0 Å². The molecule has 21 heavy (non-hydrogen) atoms. The average molecular weight is 367 g/mol. The average Bonchev–Trinajstić information content (AvgIpc) is 2.40. The van der Waals surface area contributed by atoms with Gasteiger partial charge in [-0.15, -0.1) is 0 Å². The second-order valence-electron chi connectivity index (χ2n) is 4.28. The Morgan fingerprint density at radius 2 is 1.67 bits per heavy atom. The van der Waals surface area contributed by atoms with E-state index in [0.717, 1.165) is 12.1 Å². The first kappa shape index (κ1) is 15.9.